The maximum Gasteiger partial charge on any atom is 0.252 e. The normalized spacial score (nSPS) is 16.8. The minimum absolute atomic E-state index is 0.0439. The number of hydrogen-bond acceptors (Lipinski definition) is 7. The van der Waals surface area contributed by atoms with Gasteiger partial charge >= 0.3 is 0 Å². The van der Waals surface area contributed by atoms with Crippen molar-refractivity contribution in [2.24, 2.45) is 10.1 Å². The third-order valence-electron chi connectivity index (χ3n) is 7.81. The summed E-state index contributed by atoms with van der Waals surface area (Å²) in [5.74, 6) is 1.68. The number of aliphatic hydroxyl groups is 1. The average molecular weight is 733 g/mol. The topological polar surface area (TPSA) is 129 Å². The van der Waals surface area contributed by atoms with Crippen LogP contribution in [0.3, 0.4) is 0 Å². The molecule has 0 saturated carbocycles. The molecule has 0 aromatic heterocycles. The summed E-state index contributed by atoms with van der Waals surface area (Å²) in [6, 6.07) is 28.8. The zero-order chi connectivity index (χ0) is 33.8. The molecule has 12 heteroatoms. The van der Waals surface area contributed by atoms with E-state index >= 15 is 0 Å². The Morgan fingerprint density at radius 1 is 1.06 bits per heavy atom. The van der Waals surface area contributed by atoms with Crippen LogP contribution in [-0.4, -0.2) is 48.0 Å². The molecule has 1 aliphatic rings. The standard InChI is InChI=1S/C36H35BrFN5O4S/c37-32-9-4-3-8-31(32)33-36(22-27-6-1-2-7-28(27)23-41-43-39,35(45)40-18-21-48-24-25-10-14-29(38)15-11-25)42-34(47-33)26-12-16-30(17-13-26)46-20-5-19-44/h1-4,6-17,33,44H,5,18-24H2,(H,40,45)/t33-,36-/m1/s1. The van der Waals surface area contributed by atoms with E-state index in [1.165, 1.54) is 12.1 Å². The first-order valence-electron chi connectivity index (χ1n) is 15.5. The number of carbonyl (C=O) groups excluding carboxylic acids is 1. The average Bonchev–Trinajstić information content (AvgIpc) is 3.49. The van der Waals surface area contributed by atoms with Gasteiger partial charge in [-0.15, -0.1) is 0 Å². The first-order chi connectivity index (χ1) is 23.4. The van der Waals surface area contributed by atoms with E-state index in [4.69, 9.17) is 25.1 Å². The van der Waals surface area contributed by atoms with Gasteiger partial charge in [0.15, 0.2) is 11.6 Å². The van der Waals surface area contributed by atoms with Crippen LogP contribution in [0.2, 0.25) is 0 Å². The molecule has 1 amide bonds. The minimum atomic E-state index is -1.43. The summed E-state index contributed by atoms with van der Waals surface area (Å²) in [5.41, 5.74) is 11.6. The Balaban J connectivity index is 1.49. The summed E-state index contributed by atoms with van der Waals surface area (Å²) >= 11 is 5.31. The fraction of sp³-hybridized carbons (Fsp3) is 0.278. The Morgan fingerprint density at radius 3 is 2.52 bits per heavy atom. The van der Waals surface area contributed by atoms with E-state index in [0.29, 0.717) is 48.3 Å². The van der Waals surface area contributed by atoms with Crippen molar-refractivity contribution < 1.29 is 23.8 Å². The van der Waals surface area contributed by atoms with Crippen LogP contribution in [0.25, 0.3) is 10.4 Å². The summed E-state index contributed by atoms with van der Waals surface area (Å²) in [5, 5.41) is 16.0. The first-order valence-corrected chi connectivity index (χ1v) is 17.4. The number of aliphatic imine (C=N–C) groups is 1. The van der Waals surface area contributed by atoms with E-state index in [9.17, 15) is 9.18 Å². The molecule has 2 N–H and O–H groups in total. The molecule has 9 nitrogen and oxygen atoms in total. The zero-order valence-corrected chi connectivity index (χ0v) is 28.5. The van der Waals surface area contributed by atoms with E-state index in [0.717, 1.165) is 26.7 Å². The van der Waals surface area contributed by atoms with Gasteiger partial charge in [-0.05, 0) is 64.7 Å². The molecule has 4 aromatic rings. The Morgan fingerprint density at radius 2 is 1.79 bits per heavy atom. The van der Waals surface area contributed by atoms with Crippen LogP contribution in [0.5, 0.6) is 5.75 Å². The number of nitrogens with one attached hydrogen (secondary N) is 1. The third-order valence-corrected chi connectivity index (χ3v) is 9.57. The molecule has 0 saturated heterocycles. The molecule has 2 atom stereocenters. The third kappa shape index (κ3) is 8.76. The highest BCUT2D eigenvalue weighted by Crippen LogP contribution is 2.45. The highest BCUT2D eigenvalue weighted by Gasteiger charge is 2.54. The van der Waals surface area contributed by atoms with Crippen LogP contribution >= 0.6 is 27.7 Å². The van der Waals surface area contributed by atoms with Gasteiger partial charge in [-0.3, -0.25) is 4.79 Å². The van der Waals surface area contributed by atoms with Crippen molar-refractivity contribution in [3.63, 3.8) is 0 Å². The van der Waals surface area contributed by atoms with Gasteiger partial charge in [-0.25, -0.2) is 9.38 Å². The SMILES string of the molecule is [N-]=[N+]=NCc1ccccc1C[C@@]1(C(=O)NCCSCc2ccc(F)cc2)N=C(c2ccc(OCCCO)cc2)O[C@@H]1c1ccccc1Br. The number of aliphatic hydroxyl groups excluding tert-OH is 1. The highest BCUT2D eigenvalue weighted by molar-refractivity contribution is 9.10. The molecule has 248 valence electrons. The van der Waals surface area contributed by atoms with E-state index in [2.05, 4.69) is 31.3 Å². The Bertz CT molecular complexity index is 1770. The van der Waals surface area contributed by atoms with Gasteiger partial charge < -0.3 is 19.9 Å². The number of halogens is 2. The minimum Gasteiger partial charge on any atom is -0.494 e. The number of nitrogens with zero attached hydrogens (tertiary/aromatic N) is 4. The van der Waals surface area contributed by atoms with Gasteiger partial charge in [0.25, 0.3) is 5.91 Å². The van der Waals surface area contributed by atoms with Gasteiger partial charge in [0, 0.05) is 58.0 Å². The smallest absolute Gasteiger partial charge is 0.252 e. The number of hydrogen-bond donors (Lipinski definition) is 2. The molecule has 0 radical (unpaired) electrons. The number of benzene rings is 4. The number of rotatable bonds is 16. The summed E-state index contributed by atoms with van der Waals surface area (Å²) in [4.78, 5) is 22.6. The molecular weight excluding hydrogens is 697 g/mol. The summed E-state index contributed by atoms with van der Waals surface area (Å²) in [6.45, 7) is 0.930. The van der Waals surface area contributed by atoms with Crippen molar-refractivity contribution in [3.8, 4) is 5.75 Å². The summed E-state index contributed by atoms with van der Waals surface area (Å²) < 4.78 is 26.4. The van der Waals surface area contributed by atoms with E-state index in [1.54, 1.807) is 36.0 Å². The number of azide groups is 1. The van der Waals surface area contributed by atoms with Crippen molar-refractivity contribution in [2.45, 2.75) is 36.8 Å². The molecule has 1 heterocycles. The fourth-order valence-corrected chi connectivity index (χ4v) is 6.70. The van der Waals surface area contributed by atoms with Crippen LogP contribution in [0.15, 0.2) is 112 Å². The fourth-order valence-electron chi connectivity index (χ4n) is 5.39. The monoisotopic (exact) mass is 731 g/mol. The molecule has 0 unspecified atom stereocenters. The van der Waals surface area contributed by atoms with Gasteiger partial charge in [0.1, 0.15) is 11.6 Å². The molecule has 0 fully saturated rings. The Kier molecular flexibility index (Phi) is 12.5. The zero-order valence-electron chi connectivity index (χ0n) is 26.1. The second-order valence-electron chi connectivity index (χ2n) is 11.1. The van der Waals surface area contributed by atoms with Gasteiger partial charge in [-0.2, -0.15) is 11.8 Å². The van der Waals surface area contributed by atoms with Gasteiger partial charge in [0.05, 0.1) is 13.2 Å². The predicted molar refractivity (Wildman–Crippen MR) is 189 cm³/mol. The first kappa shape index (κ1) is 35.0. The van der Waals surface area contributed by atoms with Crippen molar-refractivity contribution in [1.82, 2.24) is 5.32 Å². The van der Waals surface area contributed by atoms with Gasteiger partial charge in [0.2, 0.25) is 5.90 Å². The quantitative estimate of drug-likeness (QED) is 0.0528. The summed E-state index contributed by atoms with van der Waals surface area (Å²) in [6.07, 6.45) is -0.103. The number of carbonyl (C=O) groups is 1. The van der Waals surface area contributed by atoms with Crippen LogP contribution in [0.4, 0.5) is 4.39 Å². The molecular formula is C36H35BrFN5O4S. The second-order valence-corrected chi connectivity index (χ2v) is 13.0. The van der Waals surface area contributed by atoms with E-state index in [1.807, 2.05) is 60.7 Å². The molecule has 0 spiro atoms. The van der Waals surface area contributed by atoms with Crippen molar-refractivity contribution in [1.29, 1.82) is 0 Å². The molecule has 0 aliphatic carbocycles. The highest BCUT2D eigenvalue weighted by atomic mass is 79.9. The number of ether oxygens (including phenoxy) is 2. The van der Waals surface area contributed by atoms with E-state index < -0.39 is 11.6 Å². The van der Waals surface area contributed by atoms with Crippen LogP contribution in [0.1, 0.15) is 40.3 Å². The molecule has 1 aliphatic heterocycles. The second kappa shape index (κ2) is 17.2. The summed E-state index contributed by atoms with van der Waals surface area (Å²) in [7, 11) is 0. The van der Waals surface area contributed by atoms with E-state index in [-0.39, 0.29) is 31.3 Å². The van der Waals surface area contributed by atoms with Crippen LogP contribution in [-0.2, 0) is 28.2 Å². The molecule has 48 heavy (non-hydrogen) atoms. The lowest BCUT2D eigenvalue weighted by atomic mass is 9.81. The maximum atomic E-state index is 14.6. The maximum absolute atomic E-state index is 14.6. The number of thioether (sulfide) groups is 1. The largest absolute Gasteiger partial charge is 0.494 e. The Labute approximate surface area is 291 Å². The molecule has 5 rings (SSSR count). The lowest BCUT2D eigenvalue weighted by molar-refractivity contribution is -0.128. The predicted octanol–water partition coefficient (Wildman–Crippen LogP) is 7.71. The van der Waals surface area contributed by atoms with Crippen molar-refractivity contribution in [2.75, 3.05) is 25.5 Å². The van der Waals surface area contributed by atoms with Crippen molar-refractivity contribution >= 4 is 39.5 Å². The molecule has 4 aromatic carbocycles. The lowest BCUT2D eigenvalue weighted by Gasteiger charge is -2.32. The van der Waals surface area contributed by atoms with Crippen molar-refractivity contribution in [3.05, 3.63) is 146 Å². The Hall–Kier alpha value is -4.35. The van der Waals surface area contributed by atoms with Gasteiger partial charge in [-0.1, -0.05) is 75.6 Å². The van der Waals surface area contributed by atoms with Crippen LogP contribution < -0.4 is 10.1 Å². The molecule has 0 bridgehead atoms. The van der Waals surface area contributed by atoms with Crippen LogP contribution in [0, 0.1) is 5.82 Å². The number of amides is 1. The lowest BCUT2D eigenvalue weighted by Crippen LogP contribution is -2.50.